The zero-order valence-electron chi connectivity index (χ0n) is 15.4. The molecule has 2 aromatic rings. The third kappa shape index (κ3) is 2.42. The van der Waals surface area contributed by atoms with Gasteiger partial charge in [-0.25, -0.2) is 0 Å². The van der Waals surface area contributed by atoms with Crippen LogP contribution in [0.1, 0.15) is 61.1 Å². The predicted octanol–water partition coefficient (Wildman–Crippen LogP) is 5.00. The SMILES string of the molecule is C[C@]12CC[C@@H]3c4ccc(O)cc4C[C@@H](c4ccccc4)[C@H]3[C@@H]1C[C@H](O)C2. The minimum absolute atomic E-state index is 0.138. The third-order valence-corrected chi connectivity index (χ3v) is 7.74. The van der Waals surface area contributed by atoms with E-state index < -0.39 is 0 Å². The molecule has 0 bridgehead atoms. The van der Waals surface area contributed by atoms with Crippen molar-refractivity contribution in [2.24, 2.45) is 17.3 Å². The summed E-state index contributed by atoms with van der Waals surface area (Å²) < 4.78 is 0. The first kappa shape index (κ1) is 16.4. The van der Waals surface area contributed by atoms with E-state index in [0.717, 1.165) is 19.3 Å². The Morgan fingerprint density at radius 1 is 1.04 bits per heavy atom. The van der Waals surface area contributed by atoms with Crippen molar-refractivity contribution in [1.82, 2.24) is 0 Å². The van der Waals surface area contributed by atoms with Crippen molar-refractivity contribution in [3.05, 3.63) is 65.2 Å². The van der Waals surface area contributed by atoms with Gasteiger partial charge in [0, 0.05) is 0 Å². The van der Waals surface area contributed by atoms with Gasteiger partial charge in [0.2, 0.25) is 0 Å². The molecule has 6 atom stereocenters. The fraction of sp³-hybridized carbons (Fsp3) is 0.500. The van der Waals surface area contributed by atoms with Crippen LogP contribution in [0.2, 0.25) is 0 Å². The van der Waals surface area contributed by atoms with Crippen molar-refractivity contribution in [2.75, 3.05) is 0 Å². The van der Waals surface area contributed by atoms with Gasteiger partial charge in [0.1, 0.15) is 5.75 Å². The van der Waals surface area contributed by atoms with E-state index in [1.54, 1.807) is 0 Å². The van der Waals surface area contributed by atoms with Gasteiger partial charge in [-0.1, -0.05) is 43.3 Å². The van der Waals surface area contributed by atoms with Gasteiger partial charge in [0.05, 0.1) is 6.10 Å². The molecule has 0 aromatic heterocycles. The molecular formula is C24H28O2. The molecular weight excluding hydrogens is 320 g/mol. The molecule has 3 aliphatic rings. The molecule has 2 nitrogen and oxygen atoms in total. The fourth-order valence-electron chi connectivity index (χ4n) is 6.69. The van der Waals surface area contributed by atoms with Gasteiger partial charge in [-0.15, -0.1) is 0 Å². The van der Waals surface area contributed by atoms with E-state index in [9.17, 15) is 10.2 Å². The van der Waals surface area contributed by atoms with E-state index >= 15 is 0 Å². The monoisotopic (exact) mass is 348 g/mol. The highest BCUT2D eigenvalue weighted by Crippen LogP contribution is 2.63. The smallest absolute Gasteiger partial charge is 0.115 e. The molecule has 2 aromatic carbocycles. The van der Waals surface area contributed by atoms with Crippen LogP contribution in [0.4, 0.5) is 0 Å². The maximum atomic E-state index is 10.5. The van der Waals surface area contributed by atoms with Crippen LogP contribution in [0.3, 0.4) is 0 Å². The zero-order valence-corrected chi connectivity index (χ0v) is 15.4. The lowest BCUT2D eigenvalue weighted by atomic mass is 9.52. The largest absolute Gasteiger partial charge is 0.508 e. The Kier molecular flexibility index (Phi) is 3.69. The number of hydrogen-bond acceptors (Lipinski definition) is 2. The van der Waals surface area contributed by atoms with Crippen LogP contribution in [-0.2, 0) is 6.42 Å². The third-order valence-electron chi connectivity index (χ3n) is 7.74. The molecule has 0 unspecified atom stereocenters. The van der Waals surface area contributed by atoms with Crippen molar-refractivity contribution in [1.29, 1.82) is 0 Å². The molecule has 2 N–H and O–H groups in total. The summed E-state index contributed by atoms with van der Waals surface area (Å²) in [5.74, 6) is 2.58. The topological polar surface area (TPSA) is 40.5 Å². The lowest BCUT2D eigenvalue weighted by Crippen LogP contribution is -2.43. The molecule has 0 spiro atoms. The minimum atomic E-state index is -0.138. The van der Waals surface area contributed by atoms with Crippen LogP contribution in [-0.4, -0.2) is 16.3 Å². The number of phenols is 1. The first-order chi connectivity index (χ1) is 12.5. The number of rotatable bonds is 1. The lowest BCUT2D eigenvalue weighted by Gasteiger charge is -2.52. The molecule has 0 saturated heterocycles. The highest BCUT2D eigenvalue weighted by molar-refractivity contribution is 5.43. The van der Waals surface area contributed by atoms with Gasteiger partial charge < -0.3 is 10.2 Å². The molecule has 26 heavy (non-hydrogen) atoms. The van der Waals surface area contributed by atoms with Crippen molar-refractivity contribution >= 4 is 0 Å². The summed E-state index contributed by atoms with van der Waals surface area (Å²) >= 11 is 0. The van der Waals surface area contributed by atoms with Gasteiger partial charge in [-0.3, -0.25) is 0 Å². The van der Waals surface area contributed by atoms with Gasteiger partial charge in [-0.2, -0.15) is 0 Å². The van der Waals surface area contributed by atoms with Crippen molar-refractivity contribution < 1.29 is 10.2 Å². The Labute approximate surface area is 155 Å². The van der Waals surface area contributed by atoms with Crippen molar-refractivity contribution in [3.8, 4) is 5.75 Å². The highest BCUT2D eigenvalue weighted by atomic mass is 16.3. The number of aliphatic hydroxyl groups is 1. The van der Waals surface area contributed by atoms with Crippen LogP contribution < -0.4 is 0 Å². The first-order valence-corrected chi connectivity index (χ1v) is 10.1. The van der Waals surface area contributed by atoms with E-state index in [1.807, 2.05) is 12.1 Å². The maximum Gasteiger partial charge on any atom is 0.115 e. The van der Waals surface area contributed by atoms with E-state index in [1.165, 1.54) is 29.5 Å². The highest BCUT2D eigenvalue weighted by Gasteiger charge is 2.55. The van der Waals surface area contributed by atoms with Gasteiger partial charge in [-0.05, 0) is 90.0 Å². The zero-order chi connectivity index (χ0) is 17.9. The molecule has 0 amide bonds. The summed E-state index contributed by atoms with van der Waals surface area (Å²) in [4.78, 5) is 0. The lowest BCUT2D eigenvalue weighted by molar-refractivity contribution is 0.0468. The molecule has 2 saturated carbocycles. The van der Waals surface area contributed by atoms with Crippen LogP contribution in [0, 0.1) is 17.3 Å². The van der Waals surface area contributed by atoms with Gasteiger partial charge in [0.15, 0.2) is 0 Å². The number of phenolic OH excluding ortho intramolecular Hbond substituents is 1. The standard InChI is InChI=1S/C24H28O2/c1-24-10-9-20-19-8-7-17(25)11-16(19)12-21(15-5-3-2-4-6-15)23(20)22(24)13-18(26)14-24/h2-8,11,18,20-23,25-26H,9-10,12-14H2,1H3/t18-,20+,21-,22-,23-,24+/m0/s1. The molecule has 0 heterocycles. The average Bonchev–Trinajstić information content (AvgIpc) is 2.95. The Balaban J connectivity index is 1.64. The number of aromatic hydroxyl groups is 1. The summed E-state index contributed by atoms with van der Waals surface area (Å²) in [7, 11) is 0. The molecule has 2 fully saturated rings. The number of hydrogen-bond donors (Lipinski definition) is 2. The molecule has 3 aliphatic carbocycles. The van der Waals surface area contributed by atoms with Gasteiger partial charge >= 0.3 is 0 Å². The quantitative estimate of drug-likeness (QED) is 0.761. The Hall–Kier alpha value is -1.80. The summed E-state index contributed by atoms with van der Waals surface area (Å²) in [6.45, 7) is 2.42. The number of aliphatic hydroxyl groups excluding tert-OH is 1. The van der Waals surface area contributed by atoms with Crippen LogP contribution in [0.25, 0.3) is 0 Å². The summed E-state index contributed by atoms with van der Waals surface area (Å²) in [6, 6.07) is 16.9. The van der Waals surface area contributed by atoms with Crippen molar-refractivity contribution in [3.63, 3.8) is 0 Å². The molecule has 0 aliphatic heterocycles. The molecule has 136 valence electrons. The van der Waals surface area contributed by atoms with E-state index in [0.29, 0.717) is 29.4 Å². The van der Waals surface area contributed by atoms with E-state index in [-0.39, 0.29) is 11.5 Å². The normalized spacial score (nSPS) is 38.3. The van der Waals surface area contributed by atoms with Crippen LogP contribution >= 0.6 is 0 Å². The Morgan fingerprint density at radius 3 is 2.65 bits per heavy atom. The second-order valence-electron chi connectivity index (χ2n) is 9.18. The fourth-order valence-corrected chi connectivity index (χ4v) is 6.69. The Bertz CT molecular complexity index is 814. The molecule has 2 heteroatoms. The van der Waals surface area contributed by atoms with E-state index in [4.69, 9.17) is 0 Å². The second kappa shape index (κ2) is 5.85. The van der Waals surface area contributed by atoms with Crippen LogP contribution in [0.15, 0.2) is 48.5 Å². The molecule has 0 radical (unpaired) electrons. The number of benzene rings is 2. The van der Waals surface area contributed by atoms with Crippen LogP contribution in [0.5, 0.6) is 5.75 Å². The summed E-state index contributed by atoms with van der Waals surface area (Å²) in [5, 5.41) is 20.5. The predicted molar refractivity (Wildman–Crippen MR) is 103 cm³/mol. The van der Waals surface area contributed by atoms with E-state index in [2.05, 4.69) is 43.3 Å². The number of fused-ring (bicyclic) bond motifs is 5. The second-order valence-corrected chi connectivity index (χ2v) is 9.18. The average molecular weight is 348 g/mol. The van der Waals surface area contributed by atoms with Crippen molar-refractivity contribution in [2.45, 2.75) is 57.0 Å². The maximum absolute atomic E-state index is 10.5. The Morgan fingerprint density at radius 2 is 1.85 bits per heavy atom. The minimum Gasteiger partial charge on any atom is -0.508 e. The summed E-state index contributed by atoms with van der Waals surface area (Å²) in [6.07, 6.45) is 5.18. The van der Waals surface area contributed by atoms with Gasteiger partial charge in [0.25, 0.3) is 0 Å². The summed E-state index contributed by atoms with van der Waals surface area (Å²) in [5.41, 5.74) is 4.47. The molecule has 5 rings (SSSR count). The first-order valence-electron chi connectivity index (χ1n) is 10.1.